The molecule has 4 heteroatoms. The maximum atomic E-state index is 10.5. The van der Waals surface area contributed by atoms with E-state index in [1.165, 1.54) is 30.6 Å². The summed E-state index contributed by atoms with van der Waals surface area (Å²) in [7, 11) is 1.57. The Kier molecular flexibility index (Phi) is 4.20. The van der Waals surface area contributed by atoms with Gasteiger partial charge in [0.1, 0.15) is 0 Å². The average Bonchev–Trinajstić information content (AvgIpc) is 2.56. The van der Waals surface area contributed by atoms with Gasteiger partial charge in [0, 0.05) is 19.6 Å². The molecule has 0 aliphatic heterocycles. The van der Waals surface area contributed by atoms with Crippen LogP contribution in [0.15, 0.2) is 0 Å². The highest BCUT2D eigenvalue weighted by Crippen LogP contribution is 2.28. The van der Waals surface area contributed by atoms with E-state index in [4.69, 9.17) is 10.8 Å². The number of carboxylic acid groups (broad SMARTS) is 1. The highest BCUT2D eigenvalue weighted by molar-refractivity contribution is 5.64. The molecule has 0 spiro atoms. The Labute approximate surface area is 85.1 Å². The Balaban J connectivity index is 2.20. The van der Waals surface area contributed by atoms with Crippen molar-refractivity contribution in [1.82, 2.24) is 4.90 Å². The van der Waals surface area contributed by atoms with Crippen molar-refractivity contribution in [1.29, 1.82) is 0 Å². The molecule has 1 aliphatic rings. The molecule has 0 aromatic carbocycles. The molecule has 1 saturated carbocycles. The summed E-state index contributed by atoms with van der Waals surface area (Å²) in [6.07, 6.45) is 5.23. The van der Waals surface area contributed by atoms with E-state index >= 15 is 0 Å². The number of amides is 1. The fourth-order valence-corrected chi connectivity index (χ4v) is 2.18. The lowest BCUT2D eigenvalue weighted by atomic mass is 9.99. The summed E-state index contributed by atoms with van der Waals surface area (Å²) in [5.41, 5.74) is 5.89. The van der Waals surface area contributed by atoms with Gasteiger partial charge in [0.15, 0.2) is 0 Å². The zero-order valence-electron chi connectivity index (χ0n) is 8.78. The Morgan fingerprint density at radius 1 is 1.57 bits per heavy atom. The van der Waals surface area contributed by atoms with E-state index in [1.807, 2.05) is 0 Å². The molecule has 0 unspecified atom stereocenters. The van der Waals surface area contributed by atoms with Gasteiger partial charge in [0.05, 0.1) is 0 Å². The topological polar surface area (TPSA) is 66.6 Å². The summed E-state index contributed by atoms with van der Waals surface area (Å²) in [5, 5.41) is 8.66. The van der Waals surface area contributed by atoms with Gasteiger partial charge in [0.25, 0.3) is 0 Å². The molecule has 1 fully saturated rings. The molecule has 14 heavy (non-hydrogen) atoms. The Hall–Kier alpha value is -0.770. The fourth-order valence-electron chi connectivity index (χ4n) is 2.18. The number of rotatable bonds is 4. The van der Waals surface area contributed by atoms with E-state index in [0.29, 0.717) is 6.54 Å². The van der Waals surface area contributed by atoms with Gasteiger partial charge in [0.2, 0.25) is 0 Å². The summed E-state index contributed by atoms with van der Waals surface area (Å²) >= 11 is 0. The largest absolute Gasteiger partial charge is 0.465 e. The van der Waals surface area contributed by atoms with E-state index < -0.39 is 6.09 Å². The van der Waals surface area contributed by atoms with Crippen LogP contribution >= 0.6 is 0 Å². The minimum Gasteiger partial charge on any atom is -0.465 e. The number of likely N-dealkylation sites (N-methyl/N-ethyl adjacent to an activating group) is 1. The van der Waals surface area contributed by atoms with Crippen molar-refractivity contribution in [3.05, 3.63) is 0 Å². The van der Waals surface area contributed by atoms with Crippen molar-refractivity contribution in [3.8, 4) is 0 Å². The molecule has 1 atom stereocenters. The second-order valence-corrected chi connectivity index (χ2v) is 4.31. The standard InChI is InChI=1S/C10H20N2O2/c1-12(10(13)14)7-9(11)6-8-4-2-3-5-8/h8-9H,2-7,11H2,1H3,(H,13,14)/t9-/m1/s1. The third kappa shape index (κ3) is 3.54. The maximum Gasteiger partial charge on any atom is 0.407 e. The van der Waals surface area contributed by atoms with Crippen LogP contribution in [0.25, 0.3) is 0 Å². The van der Waals surface area contributed by atoms with Crippen LogP contribution < -0.4 is 5.73 Å². The molecule has 0 saturated heterocycles. The first-order valence-corrected chi connectivity index (χ1v) is 5.29. The Bertz CT molecular complexity index is 191. The number of nitrogens with zero attached hydrogens (tertiary/aromatic N) is 1. The summed E-state index contributed by atoms with van der Waals surface area (Å²) in [6, 6.07) is -0.000741. The molecule has 0 heterocycles. The van der Waals surface area contributed by atoms with Crippen LogP contribution in [0, 0.1) is 5.92 Å². The number of hydrogen-bond acceptors (Lipinski definition) is 2. The lowest BCUT2D eigenvalue weighted by Gasteiger charge is -2.21. The number of nitrogens with two attached hydrogens (primary N) is 1. The predicted octanol–water partition coefficient (Wildman–Crippen LogP) is 1.50. The second-order valence-electron chi connectivity index (χ2n) is 4.31. The molecule has 3 N–H and O–H groups in total. The third-order valence-corrected chi connectivity index (χ3v) is 2.95. The molecule has 1 rings (SSSR count). The summed E-state index contributed by atoms with van der Waals surface area (Å²) in [5.74, 6) is 0.729. The van der Waals surface area contributed by atoms with Crippen LogP contribution in [-0.2, 0) is 0 Å². The molecule has 0 radical (unpaired) electrons. The van der Waals surface area contributed by atoms with Crippen molar-refractivity contribution < 1.29 is 9.90 Å². The molecule has 0 aromatic rings. The first-order chi connectivity index (χ1) is 6.59. The van der Waals surface area contributed by atoms with E-state index in [0.717, 1.165) is 12.3 Å². The third-order valence-electron chi connectivity index (χ3n) is 2.95. The van der Waals surface area contributed by atoms with Crippen LogP contribution in [0.4, 0.5) is 4.79 Å². The predicted molar refractivity (Wildman–Crippen MR) is 55.2 cm³/mol. The number of hydrogen-bond donors (Lipinski definition) is 2. The van der Waals surface area contributed by atoms with E-state index in [9.17, 15) is 4.79 Å². The van der Waals surface area contributed by atoms with Crippen molar-refractivity contribution >= 4 is 6.09 Å². The monoisotopic (exact) mass is 200 g/mol. The molecule has 1 amide bonds. The van der Waals surface area contributed by atoms with Gasteiger partial charge in [-0.3, -0.25) is 0 Å². The minimum atomic E-state index is -0.896. The van der Waals surface area contributed by atoms with Crippen LogP contribution in [0.3, 0.4) is 0 Å². The first kappa shape index (κ1) is 11.3. The van der Waals surface area contributed by atoms with Crippen LogP contribution in [0.2, 0.25) is 0 Å². The number of carbonyl (C=O) groups is 1. The highest BCUT2D eigenvalue weighted by atomic mass is 16.4. The Morgan fingerprint density at radius 3 is 2.64 bits per heavy atom. The van der Waals surface area contributed by atoms with Crippen LogP contribution in [0.5, 0.6) is 0 Å². The smallest absolute Gasteiger partial charge is 0.407 e. The highest BCUT2D eigenvalue weighted by Gasteiger charge is 2.19. The summed E-state index contributed by atoms with van der Waals surface area (Å²) in [4.78, 5) is 11.8. The van der Waals surface area contributed by atoms with E-state index in [1.54, 1.807) is 7.05 Å². The van der Waals surface area contributed by atoms with Crippen molar-refractivity contribution in [2.24, 2.45) is 11.7 Å². The van der Waals surface area contributed by atoms with Crippen LogP contribution in [0.1, 0.15) is 32.1 Å². The van der Waals surface area contributed by atoms with Crippen LogP contribution in [-0.4, -0.2) is 35.7 Å². The molecular weight excluding hydrogens is 180 g/mol. The lowest BCUT2D eigenvalue weighted by Crippen LogP contribution is -2.38. The first-order valence-electron chi connectivity index (χ1n) is 5.29. The molecule has 0 aromatic heterocycles. The lowest BCUT2D eigenvalue weighted by molar-refractivity contribution is 0.151. The summed E-state index contributed by atoms with van der Waals surface area (Å²) < 4.78 is 0. The van der Waals surface area contributed by atoms with Gasteiger partial charge in [-0.15, -0.1) is 0 Å². The maximum absolute atomic E-state index is 10.5. The normalized spacial score (nSPS) is 19.6. The molecular formula is C10H20N2O2. The zero-order chi connectivity index (χ0) is 10.6. The van der Waals surface area contributed by atoms with Gasteiger partial charge in [-0.05, 0) is 12.3 Å². The summed E-state index contributed by atoms with van der Waals surface area (Å²) in [6.45, 7) is 0.450. The van der Waals surface area contributed by atoms with Gasteiger partial charge in [-0.1, -0.05) is 25.7 Å². The molecule has 4 nitrogen and oxygen atoms in total. The fraction of sp³-hybridized carbons (Fsp3) is 0.900. The Morgan fingerprint density at radius 2 is 2.14 bits per heavy atom. The SMILES string of the molecule is CN(C[C@H](N)CC1CCCC1)C(=O)O. The zero-order valence-corrected chi connectivity index (χ0v) is 8.78. The quantitative estimate of drug-likeness (QED) is 0.722. The van der Waals surface area contributed by atoms with Crippen molar-refractivity contribution in [2.45, 2.75) is 38.1 Å². The average molecular weight is 200 g/mol. The van der Waals surface area contributed by atoms with Gasteiger partial charge < -0.3 is 15.7 Å². The molecule has 0 bridgehead atoms. The van der Waals surface area contributed by atoms with Gasteiger partial charge in [-0.2, -0.15) is 0 Å². The van der Waals surface area contributed by atoms with E-state index in [2.05, 4.69) is 0 Å². The van der Waals surface area contributed by atoms with Gasteiger partial charge >= 0.3 is 6.09 Å². The second kappa shape index (κ2) is 5.20. The van der Waals surface area contributed by atoms with Crippen molar-refractivity contribution in [3.63, 3.8) is 0 Å². The van der Waals surface area contributed by atoms with Crippen molar-refractivity contribution in [2.75, 3.05) is 13.6 Å². The van der Waals surface area contributed by atoms with E-state index in [-0.39, 0.29) is 6.04 Å². The molecule has 82 valence electrons. The minimum absolute atomic E-state index is 0.000741. The molecule has 1 aliphatic carbocycles. The van der Waals surface area contributed by atoms with Gasteiger partial charge in [-0.25, -0.2) is 4.79 Å².